The molecule has 4 heterocycles. The van der Waals surface area contributed by atoms with E-state index < -0.39 is 0 Å². The molecule has 2 aromatic heterocycles. The average Bonchev–Trinajstić information content (AvgIpc) is 3.51. The molecule has 9 heteroatoms. The maximum absolute atomic E-state index is 13.0. The van der Waals surface area contributed by atoms with Crippen LogP contribution in [-0.4, -0.2) is 76.0 Å². The third kappa shape index (κ3) is 5.75. The van der Waals surface area contributed by atoms with E-state index in [1.54, 1.807) is 16.2 Å². The first kappa shape index (κ1) is 22.9. The summed E-state index contributed by atoms with van der Waals surface area (Å²) in [5, 5.41) is 10.2. The Bertz CT molecular complexity index is 870. The SMILES string of the molecule is CCCN(Cc1nnc(-c2cccs2)o1)C(=O)CN1CCC(C(=O)N2CCCCC2)CC1. The van der Waals surface area contributed by atoms with E-state index in [9.17, 15) is 9.59 Å². The molecule has 0 atom stereocenters. The number of carbonyl (C=O) groups is 2. The predicted molar refractivity (Wildman–Crippen MR) is 123 cm³/mol. The zero-order valence-electron chi connectivity index (χ0n) is 18.9. The van der Waals surface area contributed by atoms with Crippen LogP contribution in [0.2, 0.25) is 0 Å². The van der Waals surface area contributed by atoms with Gasteiger partial charge in [0, 0.05) is 25.6 Å². The van der Waals surface area contributed by atoms with E-state index in [2.05, 4.69) is 22.0 Å². The van der Waals surface area contributed by atoms with Crippen LogP contribution in [0.25, 0.3) is 10.8 Å². The van der Waals surface area contributed by atoms with Crippen LogP contribution >= 0.6 is 11.3 Å². The molecular weight excluding hydrogens is 426 g/mol. The van der Waals surface area contributed by atoms with E-state index in [4.69, 9.17) is 4.42 Å². The minimum absolute atomic E-state index is 0.0727. The molecular formula is C23H33N5O3S. The molecule has 0 N–H and O–H groups in total. The number of rotatable bonds is 8. The van der Waals surface area contributed by atoms with Crippen LogP contribution in [-0.2, 0) is 16.1 Å². The van der Waals surface area contributed by atoms with Crippen LogP contribution in [0.5, 0.6) is 0 Å². The van der Waals surface area contributed by atoms with E-state index in [0.717, 1.165) is 63.2 Å². The second-order valence-corrected chi connectivity index (χ2v) is 9.68. The van der Waals surface area contributed by atoms with Crippen molar-refractivity contribution < 1.29 is 14.0 Å². The van der Waals surface area contributed by atoms with Crippen LogP contribution in [0.4, 0.5) is 0 Å². The highest BCUT2D eigenvalue weighted by Gasteiger charge is 2.30. The van der Waals surface area contributed by atoms with Gasteiger partial charge in [-0.2, -0.15) is 0 Å². The number of hydrogen-bond acceptors (Lipinski definition) is 7. The molecule has 174 valence electrons. The van der Waals surface area contributed by atoms with Gasteiger partial charge in [0.15, 0.2) is 0 Å². The number of thiophene rings is 1. The van der Waals surface area contributed by atoms with Gasteiger partial charge in [-0.25, -0.2) is 0 Å². The second-order valence-electron chi connectivity index (χ2n) is 8.73. The molecule has 2 amide bonds. The normalized spacial score (nSPS) is 18.1. The van der Waals surface area contributed by atoms with Crippen molar-refractivity contribution in [1.29, 1.82) is 0 Å². The predicted octanol–water partition coefficient (Wildman–Crippen LogP) is 3.26. The van der Waals surface area contributed by atoms with Gasteiger partial charge in [-0.05, 0) is 63.1 Å². The fourth-order valence-electron chi connectivity index (χ4n) is 4.54. The van der Waals surface area contributed by atoms with E-state index in [1.807, 2.05) is 22.4 Å². The molecule has 2 fully saturated rings. The third-order valence-corrected chi connectivity index (χ3v) is 7.19. The Labute approximate surface area is 193 Å². The number of aromatic nitrogens is 2. The number of carbonyl (C=O) groups excluding carboxylic acids is 2. The van der Waals surface area contributed by atoms with Crippen molar-refractivity contribution in [2.75, 3.05) is 39.3 Å². The minimum Gasteiger partial charge on any atom is -0.418 e. The molecule has 2 saturated heterocycles. The third-order valence-electron chi connectivity index (χ3n) is 6.33. The first-order valence-electron chi connectivity index (χ1n) is 11.8. The van der Waals surface area contributed by atoms with Crippen molar-refractivity contribution in [3.8, 4) is 10.8 Å². The Morgan fingerprint density at radius 2 is 1.94 bits per heavy atom. The summed E-state index contributed by atoms with van der Waals surface area (Å²) >= 11 is 1.55. The molecule has 0 spiro atoms. The molecule has 0 unspecified atom stereocenters. The molecule has 8 nitrogen and oxygen atoms in total. The first-order chi connectivity index (χ1) is 15.6. The number of piperidine rings is 2. The monoisotopic (exact) mass is 459 g/mol. The molecule has 0 bridgehead atoms. The van der Waals surface area contributed by atoms with Crippen molar-refractivity contribution in [3.63, 3.8) is 0 Å². The Morgan fingerprint density at radius 1 is 1.16 bits per heavy atom. The van der Waals surface area contributed by atoms with Crippen LogP contribution in [0, 0.1) is 5.92 Å². The van der Waals surface area contributed by atoms with Gasteiger partial charge >= 0.3 is 0 Å². The molecule has 32 heavy (non-hydrogen) atoms. The van der Waals surface area contributed by atoms with Gasteiger partial charge in [0.05, 0.1) is 18.0 Å². The molecule has 0 radical (unpaired) electrons. The number of likely N-dealkylation sites (tertiary alicyclic amines) is 2. The number of nitrogens with zero attached hydrogens (tertiary/aromatic N) is 5. The van der Waals surface area contributed by atoms with Crippen molar-refractivity contribution in [1.82, 2.24) is 24.9 Å². The molecule has 4 rings (SSSR count). The fraction of sp³-hybridized carbons (Fsp3) is 0.652. The maximum Gasteiger partial charge on any atom is 0.257 e. The fourth-order valence-corrected chi connectivity index (χ4v) is 5.19. The van der Waals surface area contributed by atoms with Crippen LogP contribution in [0.3, 0.4) is 0 Å². The lowest BCUT2D eigenvalue weighted by molar-refractivity contribution is -0.138. The minimum atomic E-state index is 0.0727. The van der Waals surface area contributed by atoms with Gasteiger partial charge in [-0.3, -0.25) is 14.5 Å². The standard InChI is InChI=1S/C23H33N5O3S/c1-2-10-28(16-20-24-25-22(31-20)19-7-6-15-32-19)21(29)17-26-13-8-18(9-14-26)23(30)27-11-4-3-5-12-27/h6-7,15,18H,2-5,8-14,16-17H2,1H3. The summed E-state index contributed by atoms with van der Waals surface area (Å²) in [6, 6.07) is 3.89. The topological polar surface area (TPSA) is 82.8 Å². The summed E-state index contributed by atoms with van der Waals surface area (Å²) in [6.45, 7) is 6.81. The van der Waals surface area contributed by atoms with Gasteiger partial charge in [0.2, 0.25) is 17.7 Å². The lowest BCUT2D eigenvalue weighted by Crippen LogP contribution is -2.47. The highest BCUT2D eigenvalue weighted by atomic mass is 32.1. The lowest BCUT2D eigenvalue weighted by Gasteiger charge is -2.36. The van der Waals surface area contributed by atoms with Crippen molar-refractivity contribution in [3.05, 3.63) is 23.4 Å². The number of hydrogen-bond donors (Lipinski definition) is 0. The first-order valence-corrected chi connectivity index (χ1v) is 12.7. The summed E-state index contributed by atoms with van der Waals surface area (Å²) in [7, 11) is 0. The molecule has 0 aliphatic carbocycles. The van der Waals surface area contributed by atoms with E-state index in [-0.39, 0.29) is 11.8 Å². The summed E-state index contributed by atoms with van der Waals surface area (Å²) in [6.07, 6.45) is 6.03. The van der Waals surface area contributed by atoms with E-state index in [0.29, 0.717) is 37.3 Å². The van der Waals surface area contributed by atoms with E-state index >= 15 is 0 Å². The Balaban J connectivity index is 1.27. The van der Waals surface area contributed by atoms with Crippen LogP contribution in [0.15, 0.2) is 21.9 Å². The van der Waals surface area contributed by atoms with Crippen molar-refractivity contribution in [2.24, 2.45) is 5.92 Å². The highest BCUT2D eigenvalue weighted by molar-refractivity contribution is 7.13. The largest absolute Gasteiger partial charge is 0.418 e. The summed E-state index contributed by atoms with van der Waals surface area (Å²) in [5.74, 6) is 1.46. The molecule has 0 aromatic carbocycles. The smallest absolute Gasteiger partial charge is 0.257 e. The van der Waals surface area contributed by atoms with Crippen molar-refractivity contribution in [2.45, 2.75) is 52.0 Å². The lowest BCUT2D eigenvalue weighted by atomic mass is 9.94. The van der Waals surface area contributed by atoms with E-state index in [1.165, 1.54) is 6.42 Å². The Hall–Kier alpha value is -2.26. The van der Waals surface area contributed by atoms with Crippen LogP contribution < -0.4 is 0 Å². The molecule has 2 aromatic rings. The quantitative estimate of drug-likeness (QED) is 0.603. The van der Waals surface area contributed by atoms with Gasteiger partial charge in [-0.1, -0.05) is 13.0 Å². The van der Waals surface area contributed by atoms with Gasteiger partial charge in [0.25, 0.3) is 5.89 Å². The summed E-state index contributed by atoms with van der Waals surface area (Å²) in [4.78, 5) is 32.8. The Kier molecular flexibility index (Phi) is 7.91. The van der Waals surface area contributed by atoms with Crippen LogP contribution in [0.1, 0.15) is 51.3 Å². The summed E-state index contributed by atoms with van der Waals surface area (Å²) < 4.78 is 5.78. The average molecular weight is 460 g/mol. The Morgan fingerprint density at radius 3 is 2.62 bits per heavy atom. The van der Waals surface area contributed by atoms with Gasteiger partial charge < -0.3 is 14.2 Å². The van der Waals surface area contributed by atoms with Gasteiger partial charge in [-0.15, -0.1) is 21.5 Å². The molecule has 2 aliphatic rings. The van der Waals surface area contributed by atoms with Gasteiger partial charge in [0.1, 0.15) is 0 Å². The van der Waals surface area contributed by atoms with Crippen molar-refractivity contribution >= 4 is 23.2 Å². The second kappa shape index (κ2) is 11.0. The highest BCUT2D eigenvalue weighted by Crippen LogP contribution is 2.24. The zero-order chi connectivity index (χ0) is 22.3. The maximum atomic E-state index is 13.0. The molecule has 0 saturated carbocycles. The molecule has 2 aliphatic heterocycles. The number of amides is 2. The summed E-state index contributed by atoms with van der Waals surface area (Å²) in [5.41, 5.74) is 0. The zero-order valence-corrected chi connectivity index (χ0v) is 19.7.